The Kier molecular flexibility index (Phi) is 8.12. The third-order valence-corrected chi connectivity index (χ3v) is 12.1. The zero-order valence-electron chi connectivity index (χ0n) is 32.0. The summed E-state index contributed by atoms with van der Waals surface area (Å²) in [6, 6.07) is 86.8. The van der Waals surface area contributed by atoms with E-state index in [-0.39, 0.29) is 0 Å². The lowest BCUT2D eigenvalue weighted by molar-refractivity contribution is 0.768. The zero-order valence-corrected chi connectivity index (χ0v) is 32.0. The smallest absolute Gasteiger partial charge is 0.0714 e. The fraction of sp³-hybridized carbons (Fsp3) is 0.0175. The monoisotopic (exact) mass is 737 g/mol. The predicted molar refractivity (Wildman–Crippen MR) is 244 cm³/mol. The molecule has 10 aromatic carbocycles. The molecule has 0 aromatic heterocycles. The molecule has 1 aliphatic carbocycles. The molecule has 0 N–H and O–H groups in total. The van der Waals surface area contributed by atoms with E-state index in [9.17, 15) is 0 Å². The first-order valence-corrected chi connectivity index (χ1v) is 20.1. The van der Waals surface area contributed by atoms with E-state index in [0.717, 1.165) is 17.1 Å². The van der Waals surface area contributed by atoms with Crippen LogP contribution in [-0.4, -0.2) is 0 Å². The highest BCUT2D eigenvalue weighted by Gasteiger charge is 2.46. The molecule has 1 heteroatoms. The van der Waals surface area contributed by atoms with Crippen molar-refractivity contribution in [2.45, 2.75) is 5.41 Å². The molecule has 0 fully saturated rings. The molecule has 0 saturated carbocycles. The van der Waals surface area contributed by atoms with Crippen LogP contribution in [0.5, 0.6) is 0 Å². The fourth-order valence-corrected chi connectivity index (χ4v) is 9.45. The van der Waals surface area contributed by atoms with Gasteiger partial charge >= 0.3 is 0 Å². The van der Waals surface area contributed by atoms with Gasteiger partial charge < -0.3 is 4.90 Å². The van der Waals surface area contributed by atoms with Crippen LogP contribution in [0.1, 0.15) is 22.3 Å². The molecule has 0 amide bonds. The first kappa shape index (κ1) is 33.8. The van der Waals surface area contributed by atoms with Crippen LogP contribution < -0.4 is 4.90 Å². The first-order valence-electron chi connectivity index (χ1n) is 20.1. The maximum atomic E-state index is 2.45. The normalized spacial score (nSPS) is 12.6. The zero-order chi connectivity index (χ0) is 38.5. The number of nitrogens with zero attached hydrogens (tertiary/aromatic N) is 1. The van der Waals surface area contributed by atoms with Crippen LogP contribution in [0.2, 0.25) is 0 Å². The van der Waals surface area contributed by atoms with Crippen molar-refractivity contribution in [3.63, 3.8) is 0 Å². The van der Waals surface area contributed by atoms with Gasteiger partial charge in [-0.15, -0.1) is 0 Å². The van der Waals surface area contributed by atoms with E-state index < -0.39 is 5.41 Å². The number of fused-ring (bicyclic) bond motifs is 6. The van der Waals surface area contributed by atoms with E-state index in [1.165, 1.54) is 77.2 Å². The summed E-state index contributed by atoms with van der Waals surface area (Å²) in [5, 5.41) is 5.09. The van der Waals surface area contributed by atoms with Gasteiger partial charge in [0.2, 0.25) is 0 Å². The van der Waals surface area contributed by atoms with Gasteiger partial charge in [-0.25, -0.2) is 0 Å². The molecular formula is C57H39N. The summed E-state index contributed by atoms with van der Waals surface area (Å²) < 4.78 is 0. The molecule has 1 aliphatic rings. The van der Waals surface area contributed by atoms with Crippen molar-refractivity contribution in [2.75, 3.05) is 4.90 Å². The second kappa shape index (κ2) is 13.9. The summed E-state index contributed by atoms with van der Waals surface area (Å²) in [6.07, 6.45) is 0. The van der Waals surface area contributed by atoms with Crippen LogP contribution in [0.25, 0.3) is 54.9 Å². The van der Waals surface area contributed by atoms with Gasteiger partial charge in [0.1, 0.15) is 0 Å². The molecule has 1 nitrogen and oxygen atoms in total. The maximum absolute atomic E-state index is 2.45. The number of hydrogen-bond donors (Lipinski definition) is 0. The van der Waals surface area contributed by atoms with Crippen molar-refractivity contribution < 1.29 is 0 Å². The van der Waals surface area contributed by atoms with Crippen LogP contribution in [-0.2, 0) is 5.41 Å². The summed E-state index contributed by atoms with van der Waals surface area (Å²) in [4.78, 5) is 2.41. The number of hydrogen-bond acceptors (Lipinski definition) is 1. The first-order chi connectivity index (χ1) is 28.8. The molecular weight excluding hydrogens is 699 g/mol. The van der Waals surface area contributed by atoms with E-state index in [0.29, 0.717) is 0 Å². The molecule has 58 heavy (non-hydrogen) atoms. The Morgan fingerprint density at radius 1 is 0.276 bits per heavy atom. The third kappa shape index (κ3) is 5.47. The van der Waals surface area contributed by atoms with Gasteiger partial charge in [-0.1, -0.05) is 194 Å². The molecule has 11 rings (SSSR count). The molecule has 10 aromatic rings. The number of rotatable bonds is 7. The maximum Gasteiger partial charge on any atom is 0.0714 e. The molecule has 272 valence electrons. The Morgan fingerprint density at radius 3 is 1.45 bits per heavy atom. The molecule has 0 heterocycles. The van der Waals surface area contributed by atoms with Gasteiger partial charge in [0.05, 0.1) is 5.41 Å². The SMILES string of the molecule is c1ccc(-c2ccc(N(c3ccc(-c4ccc5c(ccc6ccccc65)c4)cc3)c3ccc4c(c3)C(c3ccccc3)(c3ccccc3)c3ccccc3-4)cc2)cc1. The van der Waals surface area contributed by atoms with Crippen LogP contribution in [0.3, 0.4) is 0 Å². The Balaban J connectivity index is 1.07. The van der Waals surface area contributed by atoms with Crippen molar-refractivity contribution >= 4 is 38.6 Å². The second-order valence-corrected chi connectivity index (χ2v) is 15.3. The van der Waals surface area contributed by atoms with Gasteiger partial charge in [-0.2, -0.15) is 0 Å². The largest absolute Gasteiger partial charge is 0.310 e. The van der Waals surface area contributed by atoms with Crippen LogP contribution in [0.4, 0.5) is 17.1 Å². The highest BCUT2D eigenvalue weighted by molar-refractivity contribution is 6.08. The van der Waals surface area contributed by atoms with E-state index in [1.807, 2.05) is 0 Å². The van der Waals surface area contributed by atoms with E-state index in [2.05, 4.69) is 241 Å². The lowest BCUT2D eigenvalue weighted by Crippen LogP contribution is -2.28. The lowest BCUT2D eigenvalue weighted by Gasteiger charge is -2.35. The van der Waals surface area contributed by atoms with Gasteiger partial charge in [-0.3, -0.25) is 0 Å². The Labute approximate surface area is 339 Å². The number of anilines is 3. The molecule has 0 unspecified atom stereocenters. The lowest BCUT2D eigenvalue weighted by atomic mass is 9.67. The highest BCUT2D eigenvalue weighted by atomic mass is 15.1. The summed E-state index contributed by atoms with van der Waals surface area (Å²) in [5.74, 6) is 0. The summed E-state index contributed by atoms with van der Waals surface area (Å²) in [5.41, 5.74) is 15.3. The van der Waals surface area contributed by atoms with Gasteiger partial charge in [0, 0.05) is 17.1 Å². The van der Waals surface area contributed by atoms with E-state index >= 15 is 0 Å². The number of benzene rings is 10. The van der Waals surface area contributed by atoms with Crippen molar-refractivity contribution in [2.24, 2.45) is 0 Å². The predicted octanol–water partition coefficient (Wildman–Crippen LogP) is 15.2. The molecule has 0 radical (unpaired) electrons. The van der Waals surface area contributed by atoms with Crippen molar-refractivity contribution in [3.8, 4) is 33.4 Å². The third-order valence-electron chi connectivity index (χ3n) is 12.1. The van der Waals surface area contributed by atoms with E-state index in [1.54, 1.807) is 0 Å². The van der Waals surface area contributed by atoms with Crippen molar-refractivity contribution in [1.82, 2.24) is 0 Å². The van der Waals surface area contributed by atoms with Gasteiger partial charge in [0.25, 0.3) is 0 Å². The fourth-order valence-electron chi connectivity index (χ4n) is 9.45. The summed E-state index contributed by atoms with van der Waals surface area (Å²) in [6.45, 7) is 0. The molecule has 0 aliphatic heterocycles. The minimum absolute atomic E-state index is 0.488. The summed E-state index contributed by atoms with van der Waals surface area (Å²) in [7, 11) is 0. The summed E-state index contributed by atoms with van der Waals surface area (Å²) >= 11 is 0. The van der Waals surface area contributed by atoms with Crippen molar-refractivity contribution in [1.29, 1.82) is 0 Å². The topological polar surface area (TPSA) is 3.24 Å². The molecule has 0 bridgehead atoms. The highest BCUT2D eigenvalue weighted by Crippen LogP contribution is 2.57. The average molecular weight is 738 g/mol. The van der Waals surface area contributed by atoms with E-state index in [4.69, 9.17) is 0 Å². The van der Waals surface area contributed by atoms with Crippen LogP contribution >= 0.6 is 0 Å². The quantitative estimate of drug-likeness (QED) is 0.147. The second-order valence-electron chi connectivity index (χ2n) is 15.3. The van der Waals surface area contributed by atoms with Gasteiger partial charge in [-0.05, 0) is 120 Å². The van der Waals surface area contributed by atoms with Gasteiger partial charge in [0.15, 0.2) is 0 Å². The molecule has 0 spiro atoms. The van der Waals surface area contributed by atoms with Crippen LogP contribution in [0, 0.1) is 0 Å². The van der Waals surface area contributed by atoms with Crippen molar-refractivity contribution in [3.05, 3.63) is 259 Å². The average Bonchev–Trinajstić information content (AvgIpc) is 3.60. The minimum Gasteiger partial charge on any atom is -0.310 e. The molecule has 0 atom stereocenters. The Hall–Kier alpha value is -7.48. The Morgan fingerprint density at radius 2 is 0.759 bits per heavy atom. The standard InChI is InChI=1S/C57H39N/c1-4-14-40(15-5-1)41-26-31-48(32-27-41)58(49-33-28-42(29-34-49)44-30-36-52-45(38-44)25-24-43-16-10-11-21-51(43)52)50-35-37-54-53-22-12-13-23-55(53)57(56(54)39-50,46-17-6-2-7-18-46)47-19-8-3-9-20-47/h1-39H. The minimum atomic E-state index is -0.488. The molecule has 0 saturated heterocycles. The van der Waals surface area contributed by atoms with Crippen LogP contribution in [0.15, 0.2) is 237 Å². The Bertz CT molecular complexity index is 3040.